The van der Waals surface area contributed by atoms with Gasteiger partial charge in [0.15, 0.2) is 8.32 Å². The van der Waals surface area contributed by atoms with Crippen LogP contribution < -0.4 is 0 Å². The van der Waals surface area contributed by atoms with Crippen LogP contribution in [0.2, 0.25) is 29.2 Å². The van der Waals surface area contributed by atoms with Crippen LogP contribution in [0, 0.1) is 0 Å². The Hall–Kier alpha value is -0.146. The van der Waals surface area contributed by atoms with Crippen molar-refractivity contribution in [1.82, 2.24) is 0 Å². The van der Waals surface area contributed by atoms with Crippen molar-refractivity contribution in [1.29, 1.82) is 0 Å². The maximum atomic E-state index is 13.0. The van der Waals surface area contributed by atoms with Gasteiger partial charge in [-0.2, -0.15) is 21.6 Å². The predicted molar refractivity (Wildman–Crippen MR) is 250 cm³/mol. The van der Waals surface area contributed by atoms with E-state index in [1.165, 1.54) is 44.9 Å². The number of ether oxygens (including phenoxy) is 4. The van der Waals surface area contributed by atoms with E-state index in [1.807, 2.05) is 33.9 Å². The van der Waals surface area contributed by atoms with Crippen LogP contribution in [0.25, 0.3) is 0 Å². The van der Waals surface area contributed by atoms with Crippen molar-refractivity contribution in [2.75, 3.05) is 20.5 Å². The third kappa shape index (κ3) is 18.4. The third-order valence-corrected chi connectivity index (χ3v) is 24.3. The molecular weight excluding hydrogens is 870 g/mol. The van der Waals surface area contributed by atoms with Crippen molar-refractivity contribution in [3.63, 3.8) is 0 Å². The maximum Gasteiger partial charge on any atom is 0.523 e. The van der Waals surface area contributed by atoms with Crippen LogP contribution in [-0.4, -0.2) is 100 Å². The molecule has 0 spiro atoms. The second-order valence-corrected chi connectivity index (χ2v) is 31.6. The van der Waals surface area contributed by atoms with Crippen LogP contribution >= 0.6 is 0 Å². The summed E-state index contributed by atoms with van der Waals surface area (Å²) < 4.78 is 113. The van der Waals surface area contributed by atoms with Gasteiger partial charge >= 0.3 is 24.2 Å². The summed E-state index contributed by atoms with van der Waals surface area (Å²) in [5, 5.41) is -0.187. The molecule has 0 aliphatic carbocycles. The molecule has 8 atom stereocenters. The highest BCUT2D eigenvalue weighted by molar-refractivity contribution is 7.87. The second kappa shape index (κ2) is 27.1. The van der Waals surface area contributed by atoms with Gasteiger partial charge in [-0.25, -0.2) is 0 Å². The van der Waals surface area contributed by atoms with Gasteiger partial charge in [0.1, 0.15) is 6.79 Å². The molecule has 0 unspecified atom stereocenters. The highest BCUT2D eigenvalue weighted by Gasteiger charge is 2.54. The molecule has 3 aliphatic rings. The Labute approximate surface area is 384 Å². The van der Waals surface area contributed by atoms with E-state index in [0.29, 0.717) is 12.8 Å². The first-order chi connectivity index (χ1) is 29.6. The number of unbranched alkanes of at least 4 members (excludes halogenated alkanes) is 11. The molecule has 0 N–H and O–H groups in total. The van der Waals surface area contributed by atoms with Gasteiger partial charge in [0.2, 0.25) is 0 Å². The highest BCUT2D eigenvalue weighted by Crippen LogP contribution is 2.45. The van der Waals surface area contributed by atoms with Gasteiger partial charge in [-0.1, -0.05) is 139 Å². The second-order valence-electron chi connectivity index (χ2n) is 21.0. The van der Waals surface area contributed by atoms with Crippen molar-refractivity contribution in [3.8, 4) is 0 Å². The van der Waals surface area contributed by atoms with Crippen LogP contribution in [0.1, 0.15) is 197 Å². The molecule has 3 fully saturated rings. The summed E-state index contributed by atoms with van der Waals surface area (Å²) in [5.41, 5.74) is -4.92. The zero-order chi connectivity index (χ0) is 46.9. The lowest BCUT2D eigenvalue weighted by molar-refractivity contribution is -0.137. The van der Waals surface area contributed by atoms with Crippen LogP contribution in [-0.2, 0) is 46.5 Å². The molecule has 374 valence electrons. The Morgan fingerprint density at radius 3 is 1.75 bits per heavy atom. The molecule has 0 radical (unpaired) electrons. The fourth-order valence-electron chi connectivity index (χ4n) is 9.43. The SMILES string of the molecule is CCCCCCCCCC[C@H](OCOC)[C@H]1CC[C@@H]([C@@H]2CC[C@@H]([C@@H]3CC[C@H](CCCCCCC[C@H](COS(=O)(=O)C(F)(F)F)O[Si](C)(C)C(C)(C)C)O3)O[Si](C(C)C)(C(C)C)O2)O1. The molecular formula is C47H91F3O10SSi2. The van der Waals surface area contributed by atoms with Gasteiger partial charge in [0.05, 0.1) is 55.4 Å². The summed E-state index contributed by atoms with van der Waals surface area (Å²) in [4.78, 5) is 0. The molecule has 3 saturated heterocycles. The highest BCUT2D eigenvalue weighted by atomic mass is 32.2. The molecule has 3 rings (SSSR count). The number of halogens is 3. The van der Waals surface area contributed by atoms with Gasteiger partial charge in [-0.3, -0.25) is 4.18 Å². The monoisotopic (exact) mass is 961 g/mol. The van der Waals surface area contributed by atoms with Crippen molar-refractivity contribution in [2.24, 2.45) is 0 Å². The summed E-state index contributed by atoms with van der Waals surface area (Å²) in [6, 6.07) is 0. The summed E-state index contributed by atoms with van der Waals surface area (Å²) in [6.45, 7) is 21.1. The Balaban J connectivity index is 1.50. The lowest BCUT2D eigenvalue weighted by Crippen LogP contribution is -2.53. The zero-order valence-electron chi connectivity index (χ0n) is 41.4. The summed E-state index contributed by atoms with van der Waals surface area (Å²) >= 11 is 0. The minimum Gasteiger partial charge on any atom is -0.412 e. The summed E-state index contributed by atoms with van der Waals surface area (Å²) in [7, 11) is -9.06. The number of hydrogen-bond donors (Lipinski definition) is 0. The molecule has 0 bridgehead atoms. The fraction of sp³-hybridized carbons (Fsp3) is 1.00. The van der Waals surface area contributed by atoms with Crippen molar-refractivity contribution >= 4 is 27.0 Å². The van der Waals surface area contributed by atoms with Crippen molar-refractivity contribution < 1.29 is 58.0 Å². The van der Waals surface area contributed by atoms with Crippen molar-refractivity contribution in [3.05, 3.63) is 0 Å². The van der Waals surface area contributed by atoms with Crippen molar-refractivity contribution in [2.45, 2.75) is 280 Å². The standard InChI is InChI=1S/C47H91F3O10SSi2/c1-12-13-14-15-16-17-21-24-27-40(54-35-53-9)41-30-31-43(57-41)45-33-32-44(59-63(60-45,36(2)3)37(4)5)42-29-28-38(56-42)25-22-19-18-20-23-26-39(58-62(10,11)46(6,7)8)34-55-61(51,52)47(48,49)50/h36-45H,12-35H2,1-11H3/t38-,39+,40-,41+,42-,43-,44-,45-/m0/s1. The molecule has 0 amide bonds. The van der Waals surface area contributed by atoms with Crippen LogP contribution in [0.4, 0.5) is 13.2 Å². The first kappa shape index (κ1) is 57.2. The lowest BCUT2D eigenvalue weighted by atomic mass is 9.98. The first-order valence-corrected chi connectivity index (χ1v) is 31.3. The average molecular weight is 961 g/mol. The normalized spacial score (nSPS) is 26.2. The minimum absolute atomic E-state index is 0.00925. The fourth-order valence-corrected chi connectivity index (χ4v) is 15.2. The molecule has 0 saturated carbocycles. The predicted octanol–water partition coefficient (Wildman–Crippen LogP) is 13.4. The Morgan fingerprint density at radius 2 is 1.21 bits per heavy atom. The van der Waals surface area contributed by atoms with E-state index < -0.39 is 45.2 Å². The van der Waals surface area contributed by atoms with E-state index in [0.717, 1.165) is 83.5 Å². The summed E-state index contributed by atoms with van der Waals surface area (Å²) in [5.74, 6) is 0. The number of methoxy groups -OCH3 is 1. The van der Waals surface area contributed by atoms with Gasteiger partial charge < -0.3 is 32.2 Å². The largest absolute Gasteiger partial charge is 0.523 e. The molecule has 0 aromatic heterocycles. The zero-order valence-corrected chi connectivity index (χ0v) is 44.2. The molecule has 10 nitrogen and oxygen atoms in total. The molecule has 0 aromatic rings. The third-order valence-electron chi connectivity index (χ3n) is 14.2. The van der Waals surface area contributed by atoms with E-state index in [1.54, 1.807) is 7.11 Å². The molecule has 3 heterocycles. The van der Waals surface area contributed by atoms with Gasteiger partial charge in [-0.15, -0.1) is 0 Å². The summed E-state index contributed by atoms with van der Waals surface area (Å²) in [6.07, 6.45) is 22.5. The van der Waals surface area contributed by atoms with Crippen LogP contribution in [0.3, 0.4) is 0 Å². The van der Waals surface area contributed by atoms with Crippen LogP contribution in [0.15, 0.2) is 0 Å². The minimum atomic E-state index is -5.68. The Kier molecular flexibility index (Phi) is 24.6. The van der Waals surface area contributed by atoms with E-state index in [4.69, 9.17) is 32.2 Å². The Bertz CT molecular complexity index is 1360. The van der Waals surface area contributed by atoms with Gasteiger partial charge in [-0.05, 0) is 87.0 Å². The quantitative estimate of drug-likeness (QED) is 0.0227. The molecule has 63 heavy (non-hydrogen) atoms. The van der Waals surface area contributed by atoms with Crippen LogP contribution in [0.5, 0.6) is 0 Å². The van der Waals surface area contributed by atoms with E-state index in [-0.39, 0.29) is 65.6 Å². The molecule has 0 aromatic carbocycles. The topological polar surface area (TPSA) is 108 Å². The van der Waals surface area contributed by atoms with Gasteiger partial charge in [0, 0.05) is 7.11 Å². The van der Waals surface area contributed by atoms with Gasteiger partial charge in [0.25, 0.3) is 0 Å². The number of rotatable bonds is 30. The first-order valence-electron chi connectivity index (χ1n) is 25.0. The smallest absolute Gasteiger partial charge is 0.412 e. The van der Waals surface area contributed by atoms with E-state index >= 15 is 0 Å². The van der Waals surface area contributed by atoms with E-state index in [2.05, 4.69) is 38.8 Å². The lowest BCUT2D eigenvalue weighted by Gasteiger charge is -2.41. The molecule has 3 aliphatic heterocycles. The maximum absolute atomic E-state index is 13.0. The number of hydrogen-bond acceptors (Lipinski definition) is 10. The molecule has 16 heteroatoms. The number of alkyl halides is 3. The average Bonchev–Trinajstić information content (AvgIpc) is 3.84. The van der Waals surface area contributed by atoms with E-state index in [9.17, 15) is 21.6 Å². The Morgan fingerprint density at radius 1 is 0.698 bits per heavy atom.